The predicted octanol–water partition coefficient (Wildman–Crippen LogP) is 5.32. The molecule has 1 amide bonds. The summed E-state index contributed by atoms with van der Waals surface area (Å²) in [6.45, 7) is 2.78. The number of anilines is 1. The van der Waals surface area contributed by atoms with E-state index in [1.807, 2.05) is 48.5 Å². The van der Waals surface area contributed by atoms with Crippen molar-refractivity contribution in [3.63, 3.8) is 0 Å². The normalized spacial score (nSPS) is 15.8. The van der Waals surface area contributed by atoms with Crippen molar-refractivity contribution in [3.05, 3.63) is 54.1 Å². The van der Waals surface area contributed by atoms with Crippen LogP contribution in [0.5, 0.6) is 11.5 Å². The topological polar surface area (TPSA) is 47.6 Å². The molecule has 0 aliphatic heterocycles. The molecular weight excluding hydrogens is 338 g/mol. The van der Waals surface area contributed by atoms with Crippen molar-refractivity contribution >= 4 is 11.6 Å². The fourth-order valence-electron chi connectivity index (χ4n) is 3.82. The molecular formula is C23H29NO3. The summed E-state index contributed by atoms with van der Waals surface area (Å²) in [6.07, 6.45) is 6.07. The third kappa shape index (κ3) is 4.44. The summed E-state index contributed by atoms with van der Waals surface area (Å²) in [7, 11) is 1.66. The average molecular weight is 367 g/mol. The maximum atomic E-state index is 13.3. The second-order valence-electron chi connectivity index (χ2n) is 7.20. The molecule has 1 saturated carbocycles. The molecule has 1 fully saturated rings. The lowest BCUT2D eigenvalue weighted by molar-refractivity contribution is -0.122. The summed E-state index contributed by atoms with van der Waals surface area (Å²) in [5.74, 6) is 1.72. The van der Waals surface area contributed by atoms with Crippen LogP contribution in [0.25, 0.3) is 0 Å². The van der Waals surface area contributed by atoms with Gasteiger partial charge >= 0.3 is 0 Å². The summed E-state index contributed by atoms with van der Waals surface area (Å²) in [5, 5.41) is 3.14. The van der Waals surface area contributed by atoms with Gasteiger partial charge in [0.25, 0.3) is 0 Å². The molecule has 4 heteroatoms. The van der Waals surface area contributed by atoms with Crippen LogP contribution in [0, 0.1) is 0 Å². The zero-order valence-electron chi connectivity index (χ0n) is 16.3. The Kier molecular flexibility index (Phi) is 6.38. The number of carbonyl (C=O) groups is 1. The lowest BCUT2D eigenvalue weighted by Gasteiger charge is -2.36. The molecule has 3 rings (SSSR count). The van der Waals surface area contributed by atoms with Crippen molar-refractivity contribution in [2.45, 2.75) is 50.9 Å². The molecule has 27 heavy (non-hydrogen) atoms. The molecule has 1 N–H and O–H groups in total. The Hall–Kier alpha value is -2.49. The van der Waals surface area contributed by atoms with Crippen LogP contribution in [0.1, 0.15) is 51.0 Å². The third-order valence-corrected chi connectivity index (χ3v) is 5.37. The summed E-state index contributed by atoms with van der Waals surface area (Å²) in [4.78, 5) is 13.3. The smallest absolute Gasteiger partial charge is 0.235 e. The lowest BCUT2D eigenvalue weighted by Crippen LogP contribution is -2.42. The van der Waals surface area contributed by atoms with Gasteiger partial charge in [-0.25, -0.2) is 0 Å². The van der Waals surface area contributed by atoms with Gasteiger partial charge in [-0.1, -0.05) is 38.3 Å². The summed E-state index contributed by atoms with van der Waals surface area (Å²) >= 11 is 0. The zero-order valence-corrected chi connectivity index (χ0v) is 16.3. The van der Waals surface area contributed by atoms with E-state index in [9.17, 15) is 4.79 Å². The van der Waals surface area contributed by atoms with Crippen LogP contribution >= 0.6 is 0 Å². The van der Waals surface area contributed by atoms with E-state index >= 15 is 0 Å². The zero-order chi connectivity index (χ0) is 19.1. The third-order valence-electron chi connectivity index (χ3n) is 5.37. The largest absolute Gasteiger partial charge is 0.497 e. The highest BCUT2D eigenvalue weighted by molar-refractivity contribution is 5.99. The minimum atomic E-state index is -0.470. The van der Waals surface area contributed by atoms with E-state index in [4.69, 9.17) is 9.47 Å². The quantitative estimate of drug-likeness (QED) is 0.720. The van der Waals surface area contributed by atoms with E-state index in [0.717, 1.165) is 54.9 Å². The standard InChI is InChI=1S/C23H29NO3/c1-3-17-27-21-13-9-19(10-14-21)24-22(25)23(15-5-4-6-16-23)18-7-11-20(26-2)12-8-18/h7-14H,3-6,15-17H2,1-2H3,(H,24,25). The fourth-order valence-corrected chi connectivity index (χ4v) is 3.82. The number of carbonyl (C=O) groups excluding carboxylic acids is 1. The van der Waals surface area contributed by atoms with Crippen LogP contribution in [0.2, 0.25) is 0 Å². The van der Waals surface area contributed by atoms with Crippen LogP contribution in [0.15, 0.2) is 48.5 Å². The lowest BCUT2D eigenvalue weighted by atomic mass is 9.68. The van der Waals surface area contributed by atoms with E-state index in [-0.39, 0.29) is 5.91 Å². The number of ether oxygens (including phenoxy) is 2. The van der Waals surface area contributed by atoms with E-state index < -0.39 is 5.41 Å². The number of benzene rings is 2. The number of rotatable bonds is 7. The van der Waals surface area contributed by atoms with Gasteiger partial charge in [0.2, 0.25) is 5.91 Å². The minimum absolute atomic E-state index is 0.0783. The SMILES string of the molecule is CCCOc1ccc(NC(=O)C2(c3ccc(OC)cc3)CCCCC2)cc1. The maximum Gasteiger partial charge on any atom is 0.235 e. The fraction of sp³-hybridized carbons (Fsp3) is 0.435. The molecule has 0 heterocycles. The maximum absolute atomic E-state index is 13.3. The Bertz CT molecular complexity index is 731. The van der Waals surface area contributed by atoms with Gasteiger partial charge in [-0.05, 0) is 61.2 Å². The first kappa shape index (κ1) is 19.3. The Morgan fingerprint density at radius 3 is 2.19 bits per heavy atom. The second-order valence-corrected chi connectivity index (χ2v) is 7.20. The molecule has 2 aromatic rings. The number of hydrogen-bond donors (Lipinski definition) is 1. The molecule has 0 aromatic heterocycles. The number of methoxy groups -OCH3 is 1. The van der Waals surface area contributed by atoms with Gasteiger partial charge in [-0.3, -0.25) is 4.79 Å². The van der Waals surface area contributed by atoms with Crippen LogP contribution in [0.4, 0.5) is 5.69 Å². The molecule has 0 bridgehead atoms. The first-order chi connectivity index (χ1) is 13.2. The van der Waals surface area contributed by atoms with Crippen LogP contribution < -0.4 is 14.8 Å². The highest BCUT2D eigenvalue weighted by atomic mass is 16.5. The Morgan fingerprint density at radius 2 is 1.59 bits per heavy atom. The van der Waals surface area contributed by atoms with Crippen molar-refractivity contribution in [2.75, 3.05) is 19.0 Å². The molecule has 1 aliphatic carbocycles. The van der Waals surface area contributed by atoms with Crippen molar-refractivity contribution in [1.82, 2.24) is 0 Å². The first-order valence-corrected chi connectivity index (χ1v) is 9.87. The highest BCUT2D eigenvalue weighted by Gasteiger charge is 2.41. The van der Waals surface area contributed by atoms with Crippen LogP contribution in [0.3, 0.4) is 0 Å². The molecule has 0 unspecified atom stereocenters. The van der Waals surface area contributed by atoms with Gasteiger partial charge in [-0.15, -0.1) is 0 Å². The van der Waals surface area contributed by atoms with E-state index in [1.165, 1.54) is 6.42 Å². The van der Waals surface area contributed by atoms with Gasteiger partial charge in [0, 0.05) is 5.69 Å². The molecule has 0 spiro atoms. The molecule has 0 radical (unpaired) electrons. The summed E-state index contributed by atoms with van der Waals surface area (Å²) in [5.41, 5.74) is 1.41. The Balaban J connectivity index is 1.79. The Morgan fingerprint density at radius 1 is 0.963 bits per heavy atom. The van der Waals surface area contributed by atoms with Crippen molar-refractivity contribution < 1.29 is 14.3 Å². The van der Waals surface area contributed by atoms with Gasteiger partial charge in [-0.2, -0.15) is 0 Å². The number of amides is 1. The molecule has 4 nitrogen and oxygen atoms in total. The molecule has 2 aromatic carbocycles. The van der Waals surface area contributed by atoms with Crippen LogP contribution in [-0.2, 0) is 10.2 Å². The summed E-state index contributed by atoms with van der Waals surface area (Å²) in [6, 6.07) is 15.6. The van der Waals surface area contributed by atoms with E-state index in [0.29, 0.717) is 6.61 Å². The van der Waals surface area contributed by atoms with E-state index in [2.05, 4.69) is 12.2 Å². The van der Waals surface area contributed by atoms with Gasteiger partial charge in [0.1, 0.15) is 11.5 Å². The predicted molar refractivity (Wildman–Crippen MR) is 109 cm³/mol. The number of hydrogen-bond acceptors (Lipinski definition) is 3. The average Bonchev–Trinajstić information content (AvgIpc) is 2.73. The monoisotopic (exact) mass is 367 g/mol. The highest BCUT2D eigenvalue weighted by Crippen LogP contribution is 2.41. The van der Waals surface area contributed by atoms with Gasteiger partial charge in [0.15, 0.2) is 0 Å². The molecule has 0 atom stereocenters. The molecule has 144 valence electrons. The summed E-state index contributed by atoms with van der Waals surface area (Å²) < 4.78 is 10.9. The van der Waals surface area contributed by atoms with Gasteiger partial charge in [0.05, 0.1) is 19.1 Å². The van der Waals surface area contributed by atoms with Crippen molar-refractivity contribution in [1.29, 1.82) is 0 Å². The Labute approximate surface area is 161 Å². The minimum Gasteiger partial charge on any atom is -0.497 e. The molecule has 1 aliphatic rings. The van der Waals surface area contributed by atoms with Crippen LogP contribution in [-0.4, -0.2) is 19.6 Å². The molecule has 0 saturated heterocycles. The van der Waals surface area contributed by atoms with Crippen molar-refractivity contribution in [3.8, 4) is 11.5 Å². The number of nitrogens with one attached hydrogen (secondary N) is 1. The first-order valence-electron chi connectivity index (χ1n) is 9.87. The second kappa shape index (κ2) is 8.94. The van der Waals surface area contributed by atoms with Crippen molar-refractivity contribution in [2.24, 2.45) is 0 Å². The van der Waals surface area contributed by atoms with Gasteiger partial charge < -0.3 is 14.8 Å². The van der Waals surface area contributed by atoms with E-state index in [1.54, 1.807) is 7.11 Å².